The van der Waals surface area contributed by atoms with E-state index in [0.717, 1.165) is 28.3 Å². The second-order valence-electron chi connectivity index (χ2n) is 4.65. The number of nitrogens with one attached hydrogen (secondary N) is 1. The number of benzene rings is 1. The molecular weight excluding hydrogens is 212 g/mol. The van der Waals surface area contributed by atoms with Crippen LogP contribution in [0.3, 0.4) is 0 Å². The van der Waals surface area contributed by atoms with Gasteiger partial charge in [0.25, 0.3) is 0 Å². The van der Waals surface area contributed by atoms with Crippen molar-refractivity contribution in [2.24, 2.45) is 5.92 Å². The fourth-order valence-electron chi connectivity index (χ4n) is 2.24. The summed E-state index contributed by atoms with van der Waals surface area (Å²) in [4.78, 5) is 8.56. The lowest BCUT2D eigenvalue weighted by Crippen LogP contribution is -2.07. The summed E-state index contributed by atoms with van der Waals surface area (Å²) in [6, 6.07) is 6.30. The maximum atomic E-state index is 5.81. The molecule has 0 spiro atoms. The van der Waals surface area contributed by atoms with Crippen molar-refractivity contribution in [3.05, 3.63) is 24.5 Å². The Morgan fingerprint density at radius 2 is 2.29 bits per heavy atom. The highest BCUT2D eigenvalue weighted by Crippen LogP contribution is 2.36. The fraction of sp³-hybridized carbons (Fsp3) is 0.385. The molecule has 1 aliphatic carbocycles. The smallest absolute Gasteiger partial charge is 0.137 e. The minimum atomic E-state index is 0.569. The van der Waals surface area contributed by atoms with Crippen molar-refractivity contribution in [3.63, 3.8) is 0 Å². The minimum Gasteiger partial charge on any atom is -0.399 e. The number of hydrogen-bond donors (Lipinski definition) is 2. The maximum Gasteiger partial charge on any atom is 0.137 e. The predicted molar refractivity (Wildman–Crippen MR) is 69.8 cm³/mol. The summed E-state index contributed by atoms with van der Waals surface area (Å²) >= 11 is 0. The van der Waals surface area contributed by atoms with Crippen molar-refractivity contribution in [2.75, 3.05) is 11.1 Å². The fourth-order valence-corrected chi connectivity index (χ4v) is 2.24. The first-order valence-corrected chi connectivity index (χ1v) is 6.04. The molecule has 1 heterocycles. The molecule has 4 heteroatoms. The zero-order valence-electron chi connectivity index (χ0n) is 9.85. The molecule has 17 heavy (non-hydrogen) atoms. The van der Waals surface area contributed by atoms with Crippen molar-refractivity contribution in [1.29, 1.82) is 0 Å². The molecule has 2 aromatic rings. The second-order valence-corrected chi connectivity index (χ2v) is 4.65. The second kappa shape index (κ2) is 3.87. The number of rotatable bonds is 3. The van der Waals surface area contributed by atoms with Gasteiger partial charge in [0.15, 0.2) is 0 Å². The highest BCUT2D eigenvalue weighted by atomic mass is 15.1. The van der Waals surface area contributed by atoms with Gasteiger partial charge < -0.3 is 11.1 Å². The third kappa shape index (κ3) is 1.90. The van der Waals surface area contributed by atoms with Gasteiger partial charge in [0.05, 0.1) is 5.52 Å². The molecule has 1 aromatic carbocycles. The van der Waals surface area contributed by atoms with E-state index >= 15 is 0 Å². The molecule has 88 valence electrons. The van der Waals surface area contributed by atoms with E-state index in [-0.39, 0.29) is 0 Å². The van der Waals surface area contributed by atoms with Gasteiger partial charge in [0.2, 0.25) is 0 Å². The average molecular weight is 228 g/mol. The third-order valence-corrected chi connectivity index (χ3v) is 3.43. The highest BCUT2D eigenvalue weighted by molar-refractivity contribution is 5.91. The summed E-state index contributed by atoms with van der Waals surface area (Å²) in [6.45, 7) is 2.22. The Hall–Kier alpha value is -1.84. The van der Waals surface area contributed by atoms with Crippen LogP contribution in [0.4, 0.5) is 11.5 Å². The molecule has 2 unspecified atom stereocenters. The number of nitrogen functional groups attached to an aromatic ring is 1. The Labute approximate surface area is 100 Å². The molecular formula is C13H16N4. The number of aromatic nitrogens is 2. The lowest BCUT2D eigenvalue weighted by Gasteiger charge is -2.08. The van der Waals surface area contributed by atoms with Gasteiger partial charge in [-0.1, -0.05) is 13.3 Å². The van der Waals surface area contributed by atoms with E-state index in [9.17, 15) is 0 Å². The van der Waals surface area contributed by atoms with E-state index in [0.29, 0.717) is 6.04 Å². The lowest BCUT2D eigenvalue weighted by molar-refractivity contribution is 0.773. The monoisotopic (exact) mass is 228 g/mol. The molecule has 0 aliphatic heterocycles. The SMILES string of the molecule is CCC1CC1Nc1ncnc2ccc(N)cc12. The molecule has 0 bridgehead atoms. The molecule has 4 nitrogen and oxygen atoms in total. The van der Waals surface area contributed by atoms with Crippen LogP contribution in [0.1, 0.15) is 19.8 Å². The number of fused-ring (bicyclic) bond motifs is 1. The van der Waals surface area contributed by atoms with E-state index in [1.165, 1.54) is 12.8 Å². The van der Waals surface area contributed by atoms with Gasteiger partial charge in [-0.2, -0.15) is 0 Å². The van der Waals surface area contributed by atoms with E-state index in [2.05, 4.69) is 22.2 Å². The first-order valence-electron chi connectivity index (χ1n) is 6.04. The normalized spacial score (nSPS) is 22.6. The van der Waals surface area contributed by atoms with Crippen molar-refractivity contribution < 1.29 is 0 Å². The molecule has 1 saturated carbocycles. The van der Waals surface area contributed by atoms with Gasteiger partial charge >= 0.3 is 0 Å². The van der Waals surface area contributed by atoms with E-state index in [1.807, 2.05) is 18.2 Å². The topological polar surface area (TPSA) is 63.8 Å². The van der Waals surface area contributed by atoms with E-state index < -0.39 is 0 Å². The predicted octanol–water partition coefficient (Wildman–Crippen LogP) is 2.42. The van der Waals surface area contributed by atoms with Gasteiger partial charge in [-0.05, 0) is 30.5 Å². The lowest BCUT2D eigenvalue weighted by atomic mass is 10.2. The van der Waals surface area contributed by atoms with Crippen LogP contribution in [0.25, 0.3) is 10.9 Å². The summed E-state index contributed by atoms with van der Waals surface area (Å²) in [6.07, 6.45) is 4.07. The number of nitrogens with two attached hydrogens (primary N) is 1. The third-order valence-electron chi connectivity index (χ3n) is 3.43. The molecule has 1 fully saturated rings. The number of hydrogen-bond acceptors (Lipinski definition) is 4. The summed E-state index contributed by atoms with van der Waals surface area (Å²) < 4.78 is 0. The van der Waals surface area contributed by atoms with E-state index in [4.69, 9.17) is 5.73 Å². The van der Waals surface area contributed by atoms with Crippen LogP contribution >= 0.6 is 0 Å². The summed E-state index contributed by atoms with van der Waals surface area (Å²) in [5, 5.41) is 4.49. The maximum absolute atomic E-state index is 5.81. The molecule has 3 N–H and O–H groups in total. The van der Waals surface area contributed by atoms with Gasteiger partial charge in [-0.15, -0.1) is 0 Å². The van der Waals surface area contributed by atoms with Crippen LogP contribution in [0, 0.1) is 5.92 Å². The van der Waals surface area contributed by atoms with Gasteiger partial charge in [-0.25, -0.2) is 9.97 Å². The molecule has 0 amide bonds. The van der Waals surface area contributed by atoms with Crippen molar-refractivity contribution in [3.8, 4) is 0 Å². The molecule has 1 aliphatic rings. The average Bonchev–Trinajstić information content (AvgIpc) is 3.08. The first-order chi connectivity index (χ1) is 8.28. The largest absolute Gasteiger partial charge is 0.399 e. The Bertz CT molecular complexity index is 552. The Morgan fingerprint density at radius 1 is 1.41 bits per heavy atom. The molecule has 3 rings (SSSR count). The van der Waals surface area contributed by atoms with Gasteiger partial charge in [-0.3, -0.25) is 0 Å². The molecule has 1 aromatic heterocycles. The van der Waals surface area contributed by atoms with Crippen LogP contribution < -0.4 is 11.1 Å². The van der Waals surface area contributed by atoms with E-state index in [1.54, 1.807) is 6.33 Å². The molecule has 2 atom stereocenters. The Balaban J connectivity index is 1.95. The van der Waals surface area contributed by atoms with Crippen LogP contribution in [0.5, 0.6) is 0 Å². The first kappa shape index (κ1) is 10.3. The van der Waals surface area contributed by atoms with Crippen molar-refractivity contribution in [1.82, 2.24) is 9.97 Å². The van der Waals surface area contributed by atoms with Crippen LogP contribution in [0.15, 0.2) is 24.5 Å². The van der Waals surface area contributed by atoms with Gasteiger partial charge in [0, 0.05) is 17.1 Å². The summed E-state index contributed by atoms with van der Waals surface area (Å²) in [5.41, 5.74) is 7.49. The van der Waals surface area contributed by atoms with Crippen molar-refractivity contribution >= 4 is 22.4 Å². The minimum absolute atomic E-state index is 0.569. The molecule has 0 saturated heterocycles. The number of anilines is 2. The van der Waals surface area contributed by atoms with Crippen LogP contribution in [-0.2, 0) is 0 Å². The summed E-state index contributed by atoms with van der Waals surface area (Å²) in [7, 11) is 0. The Morgan fingerprint density at radius 3 is 3.06 bits per heavy atom. The molecule has 0 radical (unpaired) electrons. The quantitative estimate of drug-likeness (QED) is 0.792. The van der Waals surface area contributed by atoms with Crippen LogP contribution in [-0.4, -0.2) is 16.0 Å². The van der Waals surface area contributed by atoms with Crippen LogP contribution in [0.2, 0.25) is 0 Å². The zero-order chi connectivity index (χ0) is 11.8. The highest BCUT2D eigenvalue weighted by Gasteiger charge is 2.35. The zero-order valence-corrected chi connectivity index (χ0v) is 9.85. The Kier molecular flexibility index (Phi) is 2.35. The summed E-state index contributed by atoms with van der Waals surface area (Å²) in [5.74, 6) is 1.70. The standard InChI is InChI=1S/C13H16N4/c1-2-8-5-12(8)17-13-10-6-9(14)3-4-11(10)15-7-16-13/h3-4,6-8,12H,2,5,14H2,1H3,(H,15,16,17). The number of nitrogens with zero attached hydrogens (tertiary/aromatic N) is 2. The van der Waals surface area contributed by atoms with Gasteiger partial charge in [0.1, 0.15) is 12.1 Å². The van der Waals surface area contributed by atoms with Crippen molar-refractivity contribution in [2.45, 2.75) is 25.8 Å².